The maximum absolute atomic E-state index is 12.3. The standard InChI is InChI=1S/C19H31N3O2/c23-19(21-16-9-4-3-5-10-16)20-15-17(18-11-8-14-24-18)22-12-6-1-2-7-13-22/h8,11,14,16-17H,1-7,9-10,12-13,15H2,(H2,20,21,23). The smallest absolute Gasteiger partial charge is 0.315 e. The Hall–Kier alpha value is -1.49. The van der Waals surface area contributed by atoms with Crippen LogP contribution in [0.25, 0.3) is 0 Å². The number of amides is 2. The van der Waals surface area contributed by atoms with Gasteiger partial charge in [0.2, 0.25) is 0 Å². The van der Waals surface area contributed by atoms with E-state index >= 15 is 0 Å². The maximum Gasteiger partial charge on any atom is 0.315 e. The molecule has 1 aromatic heterocycles. The van der Waals surface area contributed by atoms with Gasteiger partial charge in [0.15, 0.2) is 0 Å². The molecule has 2 N–H and O–H groups in total. The quantitative estimate of drug-likeness (QED) is 0.861. The highest BCUT2D eigenvalue weighted by molar-refractivity contribution is 5.74. The normalized spacial score (nSPS) is 21.8. The minimum absolute atomic E-state index is 0.0340. The summed E-state index contributed by atoms with van der Waals surface area (Å²) in [5.41, 5.74) is 0. The van der Waals surface area contributed by atoms with Crippen LogP contribution in [-0.4, -0.2) is 36.6 Å². The molecule has 1 aromatic rings. The number of likely N-dealkylation sites (tertiary alicyclic amines) is 1. The van der Waals surface area contributed by atoms with E-state index in [-0.39, 0.29) is 12.1 Å². The molecule has 2 heterocycles. The molecular formula is C19H31N3O2. The first-order chi connectivity index (χ1) is 11.8. The van der Waals surface area contributed by atoms with Crippen molar-refractivity contribution in [2.45, 2.75) is 69.9 Å². The summed E-state index contributed by atoms with van der Waals surface area (Å²) in [4.78, 5) is 14.7. The molecule has 2 aliphatic rings. The molecule has 3 rings (SSSR count). The summed E-state index contributed by atoms with van der Waals surface area (Å²) in [5.74, 6) is 0.954. The minimum Gasteiger partial charge on any atom is -0.468 e. The second-order valence-electron chi connectivity index (χ2n) is 7.17. The van der Waals surface area contributed by atoms with Gasteiger partial charge in [0, 0.05) is 12.6 Å². The Morgan fingerprint density at radius 3 is 2.50 bits per heavy atom. The van der Waals surface area contributed by atoms with Crippen molar-refractivity contribution in [1.82, 2.24) is 15.5 Å². The highest BCUT2D eigenvalue weighted by Crippen LogP contribution is 2.24. The van der Waals surface area contributed by atoms with Gasteiger partial charge in [-0.25, -0.2) is 4.79 Å². The largest absolute Gasteiger partial charge is 0.468 e. The molecule has 2 fully saturated rings. The summed E-state index contributed by atoms with van der Waals surface area (Å²) in [6, 6.07) is 4.40. The second kappa shape index (κ2) is 9.11. The zero-order chi connectivity index (χ0) is 16.6. The number of nitrogens with one attached hydrogen (secondary N) is 2. The van der Waals surface area contributed by atoms with Crippen LogP contribution in [-0.2, 0) is 0 Å². The lowest BCUT2D eigenvalue weighted by molar-refractivity contribution is 0.175. The Bertz CT molecular complexity index is 475. The topological polar surface area (TPSA) is 57.5 Å². The molecule has 1 aliphatic heterocycles. The fraction of sp³-hybridized carbons (Fsp3) is 0.737. The van der Waals surface area contributed by atoms with Crippen LogP contribution in [0.1, 0.15) is 69.6 Å². The molecule has 2 amide bonds. The first kappa shape index (κ1) is 17.3. The number of rotatable bonds is 5. The highest BCUT2D eigenvalue weighted by atomic mass is 16.3. The van der Waals surface area contributed by atoms with Gasteiger partial charge in [-0.3, -0.25) is 4.90 Å². The first-order valence-corrected chi connectivity index (χ1v) is 9.65. The Morgan fingerprint density at radius 2 is 1.83 bits per heavy atom. The maximum atomic E-state index is 12.3. The molecule has 0 radical (unpaired) electrons. The number of furan rings is 1. The summed E-state index contributed by atoms with van der Waals surface area (Å²) >= 11 is 0. The Morgan fingerprint density at radius 1 is 1.12 bits per heavy atom. The minimum atomic E-state index is -0.0340. The molecule has 5 nitrogen and oxygen atoms in total. The van der Waals surface area contributed by atoms with Crippen molar-refractivity contribution in [2.75, 3.05) is 19.6 Å². The highest BCUT2D eigenvalue weighted by Gasteiger charge is 2.24. The predicted molar refractivity (Wildman–Crippen MR) is 94.9 cm³/mol. The fourth-order valence-electron chi connectivity index (χ4n) is 3.97. The summed E-state index contributed by atoms with van der Waals surface area (Å²) in [6.07, 6.45) is 12.8. The van der Waals surface area contributed by atoms with Crippen LogP contribution in [0.15, 0.2) is 22.8 Å². The molecule has 1 aliphatic carbocycles. The lowest BCUT2D eigenvalue weighted by Gasteiger charge is -2.30. The third-order valence-electron chi connectivity index (χ3n) is 5.35. The molecule has 1 saturated heterocycles. The Balaban J connectivity index is 1.54. The summed E-state index contributed by atoms with van der Waals surface area (Å²) in [5, 5.41) is 6.22. The van der Waals surface area contributed by atoms with Gasteiger partial charge in [0.25, 0.3) is 0 Å². The second-order valence-corrected chi connectivity index (χ2v) is 7.17. The number of urea groups is 1. The molecule has 0 spiro atoms. The Kier molecular flexibility index (Phi) is 6.58. The van der Waals surface area contributed by atoms with Gasteiger partial charge in [-0.2, -0.15) is 0 Å². The van der Waals surface area contributed by atoms with E-state index in [9.17, 15) is 4.79 Å². The summed E-state index contributed by atoms with van der Waals surface area (Å²) in [6.45, 7) is 2.76. The van der Waals surface area contributed by atoms with Crippen molar-refractivity contribution < 1.29 is 9.21 Å². The average molecular weight is 333 g/mol. The fourth-order valence-corrected chi connectivity index (χ4v) is 3.97. The number of carbonyl (C=O) groups excluding carboxylic acids is 1. The molecule has 0 aromatic carbocycles. The number of nitrogens with zero attached hydrogens (tertiary/aromatic N) is 1. The van der Waals surface area contributed by atoms with Gasteiger partial charge < -0.3 is 15.1 Å². The van der Waals surface area contributed by atoms with E-state index in [0.29, 0.717) is 12.6 Å². The van der Waals surface area contributed by atoms with E-state index in [1.165, 1.54) is 44.9 Å². The number of carbonyl (C=O) groups is 1. The van der Waals surface area contributed by atoms with E-state index in [4.69, 9.17) is 4.42 Å². The lowest BCUT2D eigenvalue weighted by Crippen LogP contribution is -2.46. The number of hydrogen-bond donors (Lipinski definition) is 2. The zero-order valence-corrected chi connectivity index (χ0v) is 14.6. The van der Waals surface area contributed by atoms with Crippen molar-refractivity contribution in [3.8, 4) is 0 Å². The summed E-state index contributed by atoms with van der Waals surface area (Å²) < 4.78 is 5.66. The molecule has 1 saturated carbocycles. The predicted octanol–water partition coefficient (Wildman–Crippen LogP) is 3.83. The number of hydrogen-bond acceptors (Lipinski definition) is 3. The Labute approximate surface area is 145 Å². The average Bonchev–Trinajstić information content (AvgIpc) is 2.99. The molecule has 5 heteroatoms. The van der Waals surface area contributed by atoms with Crippen LogP contribution < -0.4 is 10.6 Å². The van der Waals surface area contributed by atoms with Gasteiger partial charge in [-0.15, -0.1) is 0 Å². The monoisotopic (exact) mass is 333 g/mol. The van der Waals surface area contributed by atoms with E-state index < -0.39 is 0 Å². The van der Waals surface area contributed by atoms with Crippen LogP contribution in [0.3, 0.4) is 0 Å². The lowest BCUT2D eigenvalue weighted by atomic mass is 9.96. The van der Waals surface area contributed by atoms with Gasteiger partial charge in [-0.05, 0) is 50.9 Å². The van der Waals surface area contributed by atoms with E-state index in [2.05, 4.69) is 15.5 Å². The van der Waals surface area contributed by atoms with E-state index in [1.807, 2.05) is 12.1 Å². The molecule has 1 atom stereocenters. The van der Waals surface area contributed by atoms with Crippen LogP contribution in [0.2, 0.25) is 0 Å². The van der Waals surface area contributed by atoms with Gasteiger partial charge in [0.05, 0.1) is 12.3 Å². The van der Waals surface area contributed by atoms with Gasteiger partial charge in [-0.1, -0.05) is 32.1 Å². The van der Waals surface area contributed by atoms with Gasteiger partial charge >= 0.3 is 6.03 Å². The molecule has 24 heavy (non-hydrogen) atoms. The molecule has 134 valence electrons. The van der Waals surface area contributed by atoms with Crippen LogP contribution in [0.4, 0.5) is 4.79 Å². The summed E-state index contributed by atoms with van der Waals surface area (Å²) in [7, 11) is 0. The van der Waals surface area contributed by atoms with Crippen LogP contribution in [0, 0.1) is 0 Å². The van der Waals surface area contributed by atoms with Crippen molar-refractivity contribution in [3.05, 3.63) is 24.2 Å². The third-order valence-corrected chi connectivity index (χ3v) is 5.35. The third kappa shape index (κ3) is 5.00. The first-order valence-electron chi connectivity index (χ1n) is 9.65. The zero-order valence-electron chi connectivity index (χ0n) is 14.6. The van der Waals surface area contributed by atoms with Crippen molar-refractivity contribution in [3.63, 3.8) is 0 Å². The van der Waals surface area contributed by atoms with E-state index in [0.717, 1.165) is 31.7 Å². The SMILES string of the molecule is O=C(NCC(c1ccco1)N1CCCCCC1)NC1CCCCC1. The van der Waals surface area contributed by atoms with Crippen LogP contribution >= 0.6 is 0 Å². The van der Waals surface area contributed by atoms with Crippen molar-refractivity contribution >= 4 is 6.03 Å². The van der Waals surface area contributed by atoms with Gasteiger partial charge in [0.1, 0.15) is 5.76 Å². The molecule has 1 unspecified atom stereocenters. The van der Waals surface area contributed by atoms with Crippen molar-refractivity contribution in [2.24, 2.45) is 0 Å². The van der Waals surface area contributed by atoms with Crippen molar-refractivity contribution in [1.29, 1.82) is 0 Å². The molecule has 0 bridgehead atoms. The van der Waals surface area contributed by atoms with Crippen LogP contribution in [0.5, 0.6) is 0 Å². The molecular weight excluding hydrogens is 302 g/mol. The van der Waals surface area contributed by atoms with E-state index in [1.54, 1.807) is 6.26 Å².